The number of halogens is 2. The lowest BCUT2D eigenvalue weighted by Crippen LogP contribution is -2.34. The molecule has 1 saturated heterocycles. The van der Waals surface area contributed by atoms with Crippen LogP contribution in [0.4, 0.5) is 29.5 Å². The van der Waals surface area contributed by atoms with Gasteiger partial charge in [-0.15, -0.1) is 10.2 Å². The van der Waals surface area contributed by atoms with E-state index in [2.05, 4.69) is 32.7 Å². The van der Waals surface area contributed by atoms with Gasteiger partial charge in [0.2, 0.25) is 10.3 Å². The molecule has 3 rings (SSSR count). The van der Waals surface area contributed by atoms with E-state index < -0.39 is 17.7 Å². The summed E-state index contributed by atoms with van der Waals surface area (Å²) >= 11 is 1.25. The fourth-order valence-electron chi connectivity index (χ4n) is 2.60. The van der Waals surface area contributed by atoms with Crippen LogP contribution in [0.15, 0.2) is 18.2 Å². The van der Waals surface area contributed by atoms with Gasteiger partial charge in [0, 0.05) is 19.2 Å². The van der Waals surface area contributed by atoms with Gasteiger partial charge in [-0.3, -0.25) is 5.32 Å². The molecule has 0 spiro atoms. The summed E-state index contributed by atoms with van der Waals surface area (Å²) < 4.78 is 26.6. The largest absolute Gasteiger partial charge is 0.346 e. The number of nitrogens with one attached hydrogen (secondary N) is 2. The number of hydrogen-bond donors (Lipinski definition) is 2. The highest BCUT2D eigenvalue weighted by Crippen LogP contribution is 2.28. The van der Waals surface area contributed by atoms with Crippen LogP contribution in [0.25, 0.3) is 0 Å². The molecule has 24 heavy (non-hydrogen) atoms. The van der Waals surface area contributed by atoms with Crippen LogP contribution in [-0.4, -0.2) is 29.3 Å². The first kappa shape index (κ1) is 16.6. The molecule has 1 aromatic carbocycles. The molecule has 2 heterocycles. The molecule has 2 aromatic rings. The predicted molar refractivity (Wildman–Crippen MR) is 89.5 cm³/mol. The van der Waals surface area contributed by atoms with Crippen molar-refractivity contribution in [2.45, 2.75) is 19.8 Å². The molecule has 1 aliphatic heterocycles. The molecule has 9 heteroatoms. The van der Waals surface area contributed by atoms with Gasteiger partial charge in [-0.05, 0) is 30.9 Å². The number of amides is 2. The maximum atomic E-state index is 13.5. The fraction of sp³-hybridized carbons (Fsp3) is 0.400. The van der Waals surface area contributed by atoms with Crippen molar-refractivity contribution in [3.8, 4) is 0 Å². The van der Waals surface area contributed by atoms with Crippen molar-refractivity contribution in [3.05, 3.63) is 29.8 Å². The number of aromatic nitrogens is 2. The molecule has 0 saturated carbocycles. The molecular formula is C15H17F2N5OS. The summed E-state index contributed by atoms with van der Waals surface area (Å²) in [6, 6.07) is 2.14. The number of nitrogens with zero attached hydrogens (tertiary/aromatic N) is 3. The second-order valence-electron chi connectivity index (χ2n) is 5.79. The van der Waals surface area contributed by atoms with E-state index in [0.29, 0.717) is 11.0 Å². The minimum atomic E-state index is -0.716. The van der Waals surface area contributed by atoms with E-state index in [4.69, 9.17) is 0 Å². The average molecular weight is 353 g/mol. The highest BCUT2D eigenvalue weighted by molar-refractivity contribution is 7.19. The first-order chi connectivity index (χ1) is 11.5. The van der Waals surface area contributed by atoms with Crippen molar-refractivity contribution in [1.82, 2.24) is 10.2 Å². The van der Waals surface area contributed by atoms with E-state index in [9.17, 15) is 13.6 Å². The molecule has 0 aliphatic carbocycles. The summed E-state index contributed by atoms with van der Waals surface area (Å²) in [5, 5.41) is 13.8. The molecule has 2 amide bonds. The Morgan fingerprint density at radius 1 is 1.33 bits per heavy atom. The molecule has 1 aromatic heterocycles. The fourth-order valence-corrected chi connectivity index (χ4v) is 3.38. The van der Waals surface area contributed by atoms with Crippen molar-refractivity contribution in [3.63, 3.8) is 0 Å². The third-order valence-electron chi connectivity index (χ3n) is 3.74. The van der Waals surface area contributed by atoms with E-state index in [0.717, 1.165) is 42.8 Å². The van der Waals surface area contributed by atoms with E-state index >= 15 is 0 Å². The molecule has 2 N–H and O–H groups in total. The normalized spacial score (nSPS) is 17.6. The zero-order valence-electron chi connectivity index (χ0n) is 13.1. The Hall–Kier alpha value is -2.29. The molecule has 0 unspecified atom stereocenters. The Bertz CT molecular complexity index is 738. The van der Waals surface area contributed by atoms with Crippen LogP contribution >= 0.6 is 11.3 Å². The van der Waals surface area contributed by atoms with Crippen molar-refractivity contribution in [2.24, 2.45) is 5.92 Å². The molecule has 1 atom stereocenters. The molecule has 128 valence electrons. The maximum absolute atomic E-state index is 13.5. The van der Waals surface area contributed by atoms with Gasteiger partial charge in [-0.25, -0.2) is 13.6 Å². The van der Waals surface area contributed by atoms with Gasteiger partial charge in [-0.1, -0.05) is 18.3 Å². The van der Waals surface area contributed by atoms with Gasteiger partial charge in [0.15, 0.2) is 0 Å². The average Bonchev–Trinajstić information content (AvgIpc) is 2.99. The van der Waals surface area contributed by atoms with Gasteiger partial charge in [0.25, 0.3) is 0 Å². The van der Waals surface area contributed by atoms with Gasteiger partial charge >= 0.3 is 6.03 Å². The highest BCUT2D eigenvalue weighted by atomic mass is 32.1. The van der Waals surface area contributed by atoms with Crippen LogP contribution < -0.4 is 15.5 Å². The predicted octanol–water partition coefficient (Wildman–Crippen LogP) is 3.70. The molecular weight excluding hydrogens is 336 g/mol. The lowest BCUT2D eigenvalue weighted by atomic mass is 10.0. The monoisotopic (exact) mass is 353 g/mol. The standard InChI is InChI=1S/C15H17F2N5OS/c1-9-3-2-6-22(8-9)15-21-20-14(24-15)19-13(23)18-12-7-10(16)4-5-11(12)17/h4-5,7,9H,2-3,6,8H2,1H3,(H2,18,19,20,23)/t9-/m0/s1. The van der Waals surface area contributed by atoms with E-state index in [1.54, 1.807) is 0 Å². The van der Waals surface area contributed by atoms with Gasteiger partial charge < -0.3 is 10.2 Å². The Balaban J connectivity index is 1.62. The zero-order valence-corrected chi connectivity index (χ0v) is 13.9. The van der Waals surface area contributed by atoms with Crippen molar-refractivity contribution >= 4 is 33.3 Å². The lowest BCUT2D eigenvalue weighted by Gasteiger charge is -2.29. The number of benzene rings is 1. The Labute approximate surface area is 141 Å². The summed E-state index contributed by atoms with van der Waals surface area (Å²) in [6.07, 6.45) is 2.30. The number of rotatable bonds is 3. The number of urea groups is 1. The zero-order chi connectivity index (χ0) is 17.1. The quantitative estimate of drug-likeness (QED) is 0.883. The number of carbonyl (C=O) groups is 1. The second kappa shape index (κ2) is 7.08. The molecule has 0 radical (unpaired) electrons. The number of carbonyl (C=O) groups excluding carboxylic acids is 1. The van der Waals surface area contributed by atoms with Crippen LogP contribution in [-0.2, 0) is 0 Å². The molecule has 1 fully saturated rings. The van der Waals surface area contributed by atoms with Crippen LogP contribution in [0.5, 0.6) is 0 Å². The number of hydrogen-bond acceptors (Lipinski definition) is 5. The minimum absolute atomic E-state index is 0.234. The van der Waals surface area contributed by atoms with E-state index in [-0.39, 0.29) is 5.69 Å². The highest BCUT2D eigenvalue weighted by Gasteiger charge is 2.20. The summed E-state index contributed by atoms with van der Waals surface area (Å²) in [5.41, 5.74) is -0.234. The third kappa shape index (κ3) is 3.97. The summed E-state index contributed by atoms with van der Waals surface area (Å²) in [5.74, 6) is -0.755. The smallest absolute Gasteiger partial charge is 0.325 e. The number of piperidine rings is 1. The Kier molecular flexibility index (Phi) is 4.89. The molecule has 6 nitrogen and oxygen atoms in total. The molecule has 0 bridgehead atoms. The van der Waals surface area contributed by atoms with Gasteiger partial charge in [-0.2, -0.15) is 0 Å². The number of anilines is 3. The summed E-state index contributed by atoms with van der Waals surface area (Å²) in [6.45, 7) is 4.02. The lowest BCUT2D eigenvalue weighted by molar-refractivity contribution is 0.262. The first-order valence-electron chi connectivity index (χ1n) is 7.63. The third-order valence-corrected chi connectivity index (χ3v) is 4.64. The summed E-state index contributed by atoms with van der Waals surface area (Å²) in [4.78, 5) is 14.0. The van der Waals surface area contributed by atoms with Crippen molar-refractivity contribution < 1.29 is 13.6 Å². The van der Waals surface area contributed by atoms with Crippen LogP contribution in [0, 0.1) is 17.6 Å². The van der Waals surface area contributed by atoms with Crippen LogP contribution in [0.3, 0.4) is 0 Å². The van der Waals surface area contributed by atoms with E-state index in [1.807, 2.05) is 0 Å². The van der Waals surface area contributed by atoms with Crippen molar-refractivity contribution in [1.29, 1.82) is 0 Å². The minimum Gasteiger partial charge on any atom is -0.346 e. The topological polar surface area (TPSA) is 70.2 Å². The van der Waals surface area contributed by atoms with E-state index in [1.165, 1.54) is 17.8 Å². The SMILES string of the molecule is C[C@H]1CCCN(c2nnc(NC(=O)Nc3cc(F)ccc3F)s2)C1. The Morgan fingerprint density at radius 2 is 2.17 bits per heavy atom. The second-order valence-corrected chi connectivity index (χ2v) is 6.74. The summed E-state index contributed by atoms with van der Waals surface area (Å²) in [7, 11) is 0. The first-order valence-corrected chi connectivity index (χ1v) is 8.44. The van der Waals surface area contributed by atoms with Crippen molar-refractivity contribution in [2.75, 3.05) is 28.6 Å². The van der Waals surface area contributed by atoms with Crippen LogP contribution in [0.2, 0.25) is 0 Å². The molecule has 1 aliphatic rings. The van der Waals surface area contributed by atoms with Gasteiger partial charge in [0.1, 0.15) is 11.6 Å². The Morgan fingerprint density at radius 3 is 2.96 bits per heavy atom. The maximum Gasteiger partial charge on any atom is 0.325 e. The van der Waals surface area contributed by atoms with Gasteiger partial charge in [0.05, 0.1) is 5.69 Å². The van der Waals surface area contributed by atoms with Crippen LogP contribution in [0.1, 0.15) is 19.8 Å².